The van der Waals surface area contributed by atoms with E-state index in [-0.39, 0.29) is 24.0 Å². The number of esters is 1. The predicted octanol–water partition coefficient (Wildman–Crippen LogP) is 6.21. The van der Waals surface area contributed by atoms with Gasteiger partial charge in [0.05, 0.1) is 28.5 Å². The predicted molar refractivity (Wildman–Crippen MR) is 163 cm³/mol. The van der Waals surface area contributed by atoms with Crippen molar-refractivity contribution < 1.29 is 37.4 Å². The molecule has 3 N–H and O–H groups in total. The third kappa shape index (κ3) is 8.21. The Hall–Kier alpha value is -3.95. The van der Waals surface area contributed by atoms with Crippen LogP contribution in [0.25, 0.3) is 16.8 Å². The van der Waals surface area contributed by atoms with Crippen LogP contribution in [0, 0.1) is 5.92 Å². The van der Waals surface area contributed by atoms with Gasteiger partial charge in [-0.25, -0.2) is 24.1 Å². The highest BCUT2D eigenvalue weighted by molar-refractivity contribution is 7.14. The number of ether oxygens (including phenoxy) is 1. The second kappa shape index (κ2) is 14.0. The van der Waals surface area contributed by atoms with Crippen molar-refractivity contribution in [2.45, 2.75) is 39.3 Å². The summed E-state index contributed by atoms with van der Waals surface area (Å²) >= 11 is 14.0. The van der Waals surface area contributed by atoms with E-state index in [1.54, 1.807) is 35.8 Å². The van der Waals surface area contributed by atoms with E-state index in [1.165, 1.54) is 18.3 Å². The van der Waals surface area contributed by atoms with Gasteiger partial charge in [-0.2, -0.15) is 18.3 Å². The number of carboxylic acid groups (broad SMARTS) is 1. The van der Waals surface area contributed by atoms with Crippen molar-refractivity contribution >= 4 is 69.4 Å². The van der Waals surface area contributed by atoms with Gasteiger partial charge < -0.3 is 20.5 Å². The minimum absolute atomic E-state index is 0.0704. The molecule has 3 aromatic heterocycles. The monoisotopic (exact) mass is 686 g/mol. The van der Waals surface area contributed by atoms with Crippen LogP contribution in [0.3, 0.4) is 0 Å². The molecule has 4 heterocycles. The number of hydrogen-bond donors (Lipinski definition) is 2. The summed E-state index contributed by atoms with van der Waals surface area (Å²) in [6, 6.07) is 6.95. The first-order valence-electron chi connectivity index (χ1n) is 13.5. The zero-order valence-electron chi connectivity index (χ0n) is 23.9. The maximum absolute atomic E-state index is 12.5. The number of nitrogen functional groups attached to an aromatic ring is 1. The third-order valence-corrected chi connectivity index (χ3v) is 8.41. The summed E-state index contributed by atoms with van der Waals surface area (Å²) in [6.07, 6.45) is -0.661. The van der Waals surface area contributed by atoms with E-state index in [4.69, 9.17) is 48.6 Å². The maximum atomic E-state index is 12.5. The number of thiazole rings is 1. The number of ketones is 1. The fourth-order valence-electron chi connectivity index (χ4n) is 4.73. The highest BCUT2D eigenvalue weighted by atomic mass is 35.5. The van der Waals surface area contributed by atoms with Crippen LogP contribution in [0.15, 0.2) is 30.5 Å². The molecule has 0 aliphatic carbocycles. The van der Waals surface area contributed by atoms with Crippen molar-refractivity contribution in [3.63, 3.8) is 0 Å². The van der Waals surface area contributed by atoms with E-state index >= 15 is 0 Å². The number of halogens is 5. The first kappa shape index (κ1) is 33.9. The van der Waals surface area contributed by atoms with Crippen LogP contribution in [0.5, 0.6) is 0 Å². The number of aromatic nitrogens is 4. The number of anilines is 2. The van der Waals surface area contributed by atoms with Crippen molar-refractivity contribution in [3.05, 3.63) is 56.1 Å². The number of carbonyl (C=O) groups is 3. The number of hydrogen-bond acceptors (Lipinski definition) is 10. The molecule has 0 spiro atoms. The molecule has 1 aliphatic heterocycles. The van der Waals surface area contributed by atoms with Gasteiger partial charge >= 0.3 is 18.1 Å². The first-order chi connectivity index (χ1) is 21.2. The van der Waals surface area contributed by atoms with Crippen LogP contribution in [-0.2, 0) is 16.0 Å². The summed E-state index contributed by atoms with van der Waals surface area (Å²) in [7, 11) is 0. The Bertz CT molecular complexity index is 1750. The molecule has 5 rings (SSSR count). The number of carboxylic acids is 1. The van der Waals surface area contributed by atoms with Gasteiger partial charge in [-0.1, -0.05) is 23.2 Å². The normalized spacial score (nSPS) is 15.0. The molecule has 11 nitrogen and oxygen atoms in total. The highest BCUT2D eigenvalue weighted by Crippen LogP contribution is 2.34. The lowest BCUT2D eigenvalue weighted by atomic mass is 9.95. The number of carbonyl (C=O) groups excluding carboxylic acids is 2. The van der Waals surface area contributed by atoms with Gasteiger partial charge in [0.2, 0.25) is 0 Å². The van der Waals surface area contributed by atoms with Crippen LogP contribution in [0.1, 0.15) is 51.9 Å². The minimum Gasteiger partial charge on any atom is -0.475 e. The number of benzene rings is 1. The van der Waals surface area contributed by atoms with Crippen molar-refractivity contribution in [1.29, 1.82) is 0 Å². The summed E-state index contributed by atoms with van der Waals surface area (Å²) in [4.78, 5) is 45.3. The van der Waals surface area contributed by atoms with Gasteiger partial charge in [-0.3, -0.25) is 4.79 Å². The van der Waals surface area contributed by atoms with E-state index in [1.807, 2.05) is 6.07 Å². The molecule has 0 amide bonds. The quantitative estimate of drug-likeness (QED) is 0.169. The second-order valence-corrected chi connectivity index (χ2v) is 11.9. The van der Waals surface area contributed by atoms with E-state index < -0.39 is 18.1 Å². The van der Waals surface area contributed by atoms with Crippen LogP contribution >= 0.6 is 34.5 Å². The fourth-order valence-corrected chi connectivity index (χ4v) is 6.23. The first-order valence-corrected chi connectivity index (χ1v) is 15.1. The molecule has 0 bridgehead atoms. The van der Waals surface area contributed by atoms with Gasteiger partial charge in [0.1, 0.15) is 16.2 Å². The molecule has 4 aromatic rings. The van der Waals surface area contributed by atoms with Gasteiger partial charge in [0, 0.05) is 43.1 Å². The highest BCUT2D eigenvalue weighted by Gasteiger charge is 2.38. The Morgan fingerprint density at radius 2 is 1.91 bits per heavy atom. The number of piperidine rings is 1. The zero-order valence-corrected chi connectivity index (χ0v) is 26.2. The molecule has 45 heavy (non-hydrogen) atoms. The smallest absolute Gasteiger partial charge is 0.475 e. The lowest BCUT2D eigenvalue weighted by Gasteiger charge is -2.33. The number of nitrogens with zero attached hydrogens (tertiary/aromatic N) is 5. The van der Waals surface area contributed by atoms with Gasteiger partial charge in [0.15, 0.2) is 17.3 Å². The summed E-state index contributed by atoms with van der Waals surface area (Å²) in [5.74, 6) is -2.04. The summed E-state index contributed by atoms with van der Waals surface area (Å²) in [5.41, 5.74) is 8.17. The van der Waals surface area contributed by atoms with Crippen LogP contribution in [-0.4, -0.2) is 68.3 Å². The number of aliphatic carboxylic acids is 1. The van der Waals surface area contributed by atoms with Crippen molar-refractivity contribution in [3.8, 4) is 11.3 Å². The summed E-state index contributed by atoms with van der Waals surface area (Å²) in [5, 5.41) is 13.5. The number of alkyl halides is 3. The van der Waals surface area contributed by atoms with E-state index in [2.05, 4.69) is 15.0 Å². The molecule has 0 radical (unpaired) electrons. The Balaban J connectivity index is 0.000000591. The molecule has 1 unspecified atom stereocenters. The number of nitrogens with two attached hydrogens (primary N) is 1. The minimum atomic E-state index is -5.08. The lowest BCUT2D eigenvalue weighted by Crippen LogP contribution is -2.37. The molecule has 0 saturated carbocycles. The maximum Gasteiger partial charge on any atom is 0.490 e. The Morgan fingerprint density at radius 1 is 1.20 bits per heavy atom. The largest absolute Gasteiger partial charge is 0.490 e. The Labute approximate surface area is 268 Å². The molecular weight excluding hydrogens is 660 g/mol. The second-order valence-electron chi connectivity index (χ2n) is 9.99. The SMILES string of the molecule is CCOC(=O)c1cc2c(N3CCCC(Cc4nc(N)c(C(C)=O)s4)C3)nc(-c3ccc(Cl)cc3Cl)cn2n1.O=C(O)C(F)(F)F. The summed E-state index contributed by atoms with van der Waals surface area (Å²) in [6.45, 7) is 5.02. The van der Waals surface area contributed by atoms with Gasteiger partial charge in [-0.05, 0) is 43.9 Å². The Morgan fingerprint density at radius 3 is 2.51 bits per heavy atom. The fraction of sp³-hybridized carbons (Fsp3) is 0.357. The molecule has 1 fully saturated rings. The van der Waals surface area contributed by atoms with Crippen LogP contribution in [0.4, 0.5) is 24.8 Å². The molecule has 1 atom stereocenters. The molecule has 240 valence electrons. The number of rotatable bonds is 7. The standard InChI is InChI=1S/C26H26Cl2N6O3S.C2HF3O2/c1-3-37-26(36)19-11-21-25(30-20(13-34(21)32-19)17-7-6-16(27)10-18(17)28)33-8-4-5-15(12-33)9-22-31-24(29)23(38-22)14(2)35;3-2(4,5)1(6)7/h6-7,10-11,13,15H,3-5,8-9,12,29H2,1-2H3;(H,6,7). The van der Waals surface area contributed by atoms with E-state index in [0.717, 1.165) is 30.9 Å². The number of fused-ring (bicyclic) bond motifs is 1. The molecule has 1 saturated heterocycles. The van der Waals surface area contributed by atoms with E-state index in [0.29, 0.717) is 49.8 Å². The van der Waals surface area contributed by atoms with Crippen LogP contribution < -0.4 is 10.6 Å². The lowest BCUT2D eigenvalue weighted by molar-refractivity contribution is -0.192. The van der Waals surface area contributed by atoms with Gasteiger partial charge in [0.25, 0.3) is 0 Å². The average Bonchev–Trinajstić information content (AvgIpc) is 3.56. The molecule has 17 heteroatoms. The topological polar surface area (TPSA) is 153 Å². The molecule has 1 aliphatic rings. The van der Waals surface area contributed by atoms with Gasteiger partial charge in [-0.15, -0.1) is 11.3 Å². The van der Waals surface area contributed by atoms with E-state index in [9.17, 15) is 22.8 Å². The van der Waals surface area contributed by atoms with Crippen LogP contribution in [0.2, 0.25) is 10.0 Å². The van der Waals surface area contributed by atoms with Crippen molar-refractivity contribution in [2.75, 3.05) is 30.3 Å². The van der Waals surface area contributed by atoms with Crippen molar-refractivity contribution in [2.24, 2.45) is 5.92 Å². The molecular formula is C28H27Cl2F3N6O5S. The summed E-state index contributed by atoms with van der Waals surface area (Å²) < 4.78 is 38.6. The Kier molecular flexibility index (Phi) is 10.6. The third-order valence-electron chi connectivity index (χ3n) is 6.67. The zero-order chi connectivity index (χ0) is 33.1. The molecule has 1 aromatic carbocycles. The number of Topliss-reactive ketones (excluding diaryl/α,β-unsaturated/α-hetero) is 1. The van der Waals surface area contributed by atoms with Crippen molar-refractivity contribution in [1.82, 2.24) is 19.6 Å². The average molecular weight is 688 g/mol.